The molecule has 1 saturated carbocycles. The summed E-state index contributed by atoms with van der Waals surface area (Å²) in [5, 5.41) is 3.09. The molecule has 3 aromatic rings. The van der Waals surface area contributed by atoms with Crippen LogP contribution >= 0.6 is 0 Å². The molecule has 0 heterocycles. The second-order valence-corrected chi connectivity index (χ2v) is 12.0. The molecule has 2 amide bonds. The van der Waals surface area contributed by atoms with Crippen LogP contribution < -0.4 is 14.4 Å². The maximum Gasteiger partial charge on any atom is 0.264 e. The molecule has 1 atom stereocenters. The van der Waals surface area contributed by atoms with E-state index in [1.807, 2.05) is 31.2 Å². The molecule has 1 N–H and O–H groups in total. The molecule has 0 aromatic heterocycles. The first-order valence-corrected chi connectivity index (χ1v) is 15.0. The molecule has 212 valence electrons. The Bertz CT molecular complexity index is 1420. The van der Waals surface area contributed by atoms with Crippen LogP contribution in [0.2, 0.25) is 0 Å². The number of benzene rings is 3. The van der Waals surface area contributed by atoms with Gasteiger partial charge in [-0.15, -0.1) is 0 Å². The molecule has 40 heavy (non-hydrogen) atoms. The SMILES string of the molecule is COc1ccccc1N(CC(=O)N(Cc1cccc(C)c1)[C@@H](C)C(=O)NC1CCCC1)S(=O)(=O)c1ccccc1. The fourth-order valence-corrected chi connectivity index (χ4v) is 6.50. The van der Waals surface area contributed by atoms with Gasteiger partial charge >= 0.3 is 0 Å². The molecular weight excluding hydrogens is 526 g/mol. The van der Waals surface area contributed by atoms with Gasteiger partial charge < -0.3 is 15.0 Å². The average Bonchev–Trinajstić information content (AvgIpc) is 3.47. The number of para-hydroxylation sites is 2. The third-order valence-corrected chi connectivity index (χ3v) is 9.04. The normalized spacial score (nSPS) is 14.4. The van der Waals surface area contributed by atoms with Crippen LogP contribution in [-0.4, -0.2) is 50.9 Å². The second kappa shape index (κ2) is 13.0. The molecule has 0 unspecified atom stereocenters. The van der Waals surface area contributed by atoms with Gasteiger partial charge in [0.15, 0.2) is 0 Å². The van der Waals surface area contributed by atoms with Crippen molar-refractivity contribution in [2.45, 2.75) is 63.1 Å². The van der Waals surface area contributed by atoms with Crippen LogP contribution in [0.4, 0.5) is 5.69 Å². The Morgan fingerprint density at radius 2 is 1.65 bits per heavy atom. The number of carbonyl (C=O) groups is 2. The summed E-state index contributed by atoms with van der Waals surface area (Å²) in [6, 6.07) is 21.7. The Balaban J connectivity index is 1.70. The minimum absolute atomic E-state index is 0.0472. The lowest BCUT2D eigenvalue weighted by atomic mass is 10.1. The van der Waals surface area contributed by atoms with E-state index >= 15 is 0 Å². The largest absolute Gasteiger partial charge is 0.495 e. The van der Waals surface area contributed by atoms with Gasteiger partial charge in [0.05, 0.1) is 17.7 Å². The second-order valence-electron chi connectivity index (χ2n) is 10.2. The zero-order chi connectivity index (χ0) is 28.7. The van der Waals surface area contributed by atoms with Crippen molar-refractivity contribution in [1.82, 2.24) is 10.2 Å². The molecule has 0 aliphatic heterocycles. The smallest absolute Gasteiger partial charge is 0.264 e. The Hall–Kier alpha value is -3.85. The average molecular weight is 564 g/mol. The van der Waals surface area contributed by atoms with Crippen LogP contribution in [0.25, 0.3) is 0 Å². The lowest BCUT2D eigenvalue weighted by molar-refractivity contribution is -0.139. The van der Waals surface area contributed by atoms with Gasteiger partial charge in [0.1, 0.15) is 18.3 Å². The highest BCUT2D eigenvalue weighted by Crippen LogP contribution is 2.32. The third-order valence-electron chi connectivity index (χ3n) is 7.27. The summed E-state index contributed by atoms with van der Waals surface area (Å²) in [5.74, 6) is -0.435. The zero-order valence-corrected chi connectivity index (χ0v) is 24.1. The maximum atomic E-state index is 14.1. The van der Waals surface area contributed by atoms with Crippen LogP contribution in [-0.2, 0) is 26.2 Å². The van der Waals surface area contributed by atoms with Crippen molar-refractivity contribution in [1.29, 1.82) is 0 Å². The zero-order valence-electron chi connectivity index (χ0n) is 23.2. The van der Waals surface area contributed by atoms with E-state index in [4.69, 9.17) is 4.74 Å². The first kappa shape index (κ1) is 29.1. The number of anilines is 1. The summed E-state index contributed by atoms with van der Waals surface area (Å²) >= 11 is 0. The van der Waals surface area contributed by atoms with E-state index in [1.54, 1.807) is 49.4 Å². The minimum atomic E-state index is -4.15. The molecule has 1 aliphatic rings. The fraction of sp³-hybridized carbons (Fsp3) is 0.355. The van der Waals surface area contributed by atoms with Crippen LogP contribution in [0.15, 0.2) is 83.8 Å². The predicted molar refractivity (Wildman–Crippen MR) is 156 cm³/mol. The Morgan fingerprint density at radius 3 is 2.33 bits per heavy atom. The summed E-state index contributed by atoms with van der Waals surface area (Å²) in [6.45, 7) is 3.30. The summed E-state index contributed by atoms with van der Waals surface area (Å²) < 4.78 is 34.4. The van der Waals surface area contributed by atoms with Crippen LogP contribution in [0.5, 0.6) is 5.75 Å². The minimum Gasteiger partial charge on any atom is -0.495 e. The van der Waals surface area contributed by atoms with E-state index in [1.165, 1.54) is 24.1 Å². The van der Waals surface area contributed by atoms with Gasteiger partial charge in [0.25, 0.3) is 10.0 Å². The van der Waals surface area contributed by atoms with Crippen LogP contribution in [0.3, 0.4) is 0 Å². The number of sulfonamides is 1. The van der Waals surface area contributed by atoms with E-state index in [0.717, 1.165) is 41.1 Å². The molecule has 0 radical (unpaired) electrons. The van der Waals surface area contributed by atoms with Crippen molar-refractivity contribution < 1.29 is 22.7 Å². The van der Waals surface area contributed by atoms with Gasteiger partial charge in [-0.2, -0.15) is 0 Å². The number of rotatable bonds is 11. The van der Waals surface area contributed by atoms with Gasteiger partial charge in [0, 0.05) is 12.6 Å². The van der Waals surface area contributed by atoms with E-state index in [2.05, 4.69) is 5.32 Å². The number of methoxy groups -OCH3 is 1. The Labute approximate surface area is 237 Å². The number of carbonyl (C=O) groups excluding carboxylic acids is 2. The van der Waals surface area contributed by atoms with Gasteiger partial charge in [-0.25, -0.2) is 8.42 Å². The Morgan fingerprint density at radius 1 is 0.975 bits per heavy atom. The summed E-state index contributed by atoms with van der Waals surface area (Å²) in [4.78, 5) is 28.9. The topological polar surface area (TPSA) is 96.0 Å². The van der Waals surface area contributed by atoms with Crippen LogP contribution in [0.1, 0.15) is 43.7 Å². The summed E-state index contributed by atoms with van der Waals surface area (Å²) in [6.07, 6.45) is 3.97. The van der Waals surface area contributed by atoms with Crippen molar-refractivity contribution in [2.24, 2.45) is 0 Å². The van der Waals surface area contributed by atoms with Crippen molar-refractivity contribution in [3.8, 4) is 5.75 Å². The number of amides is 2. The third kappa shape index (κ3) is 6.83. The Kier molecular flexibility index (Phi) is 9.47. The molecule has 0 bridgehead atoms. The molecule has 0 spiro atoms. The first-order chi connectivity index (χ1) is 19.2. The molecule has 9 heteroatoms. The number of hydrogen-bond donors (Lipinski definition) is 1. The molecule has 1 aliphatic carbocycles. The molecule has 1 fully saturated rings. The highest BCUT2D eigenvalue weighted by molar-refractivity contribution is 7.92. The van der Waals surface area contributed by atoms with E-state index in [-0.39, 0.29) is 29.1 Å². The molecular formula is C31H37N3O5S. The number of ether oxygens (including phenoxy) is 1. The standard InChI is InChI=1S/C31H37N3O5S/c1-23-12-11-13-25(20-23)21-33(24(2)31(36)32-26-14-7-8-15-26)30(35)22-34(28-18-9-10-19-29(28)39-3)40(37,38)27-16-5-4-6-17-27/h4-6,9-13,16-20,24,26H,7-8,14-15,21-22H2,1-3H3,(H,32,36)/t24-/m0/s1. The van der Waals surface area contributed by atoms with E-state index in [0.29, 0.717) is 5.75 Å². The van der Waals surface area contributed by atoms with Gasteiger partial charge in [0.2, 0.25) is 11.8 Å². The van der Waals surface area contributed by atoms with E-state index < -0.39 is 28.5 Å². The number of aryl methyl sites for hydroxylation is 1. The van der Waals surface area contributed by atoms with Crippen molar-refractivity contribution in [3.05, 3.63) is 90.0 Å². The number of hydrogen-bond acceptors (Lipinski definition) is 5. The predicted octanol–water partition coefficient (Wildman–Crippen LogP) is 4.68. The monoisotopic (exact) mass is 563 g/mol. The molecule has 0 saturated heterocycles. The van der Waals surface area contributed by atoms with Gasteiger partial charge in [-0.05, 0) is 56.5 Å². The quantitative estimate of drug-likeness (QED) is 0.366. The van der Waals surface area contributed by atoms with Gasteiger partial charge in [-0.1, -0.05) is 73.0 Å². The van der Waals surface area contributed by atoms with Crippen LogP contribution in [0, 0.1) is 6.92 Å². The highest BCUT2D eigenvalue weighted by atomic mass is 32.2. The lowest BCUT2D eigenvalue weighted by Crippen LogP contribution is -2.52. The molecule has 8 nitrogen and oxygen atoms in total. The summed E-state index contributed by atoms with van der Waals surface area (Å²) in [7, 11) is -2.70. The van der Waals surface area contributed by atoms with Crippen molar-refractivity contribution >= 4 is 27.5 Å². The molecule has 4 rings (SSSR count). The number of nitrogens with one attached hydrogen (secondary N) is 1. The molecule has 3 aromatic carbocycles. The maximum absolute atomic E-state index is 14.1. The van der Waals surface area contributed by atoms with Crippen molar-refractivity contribution in [3.63, 3.8) is 0 Å². The fourth-order valence-electron chi connectivity index (χ4n) is 5.05. The summed E-state index contributed by atoms with van der Waals surface area (Å²) in [5.41, 5.74) is 2.11. The van der Waals surface area contributed by atoms with E-state index in [9.17, 15) is 18.0 Å². The first-order valence-electron chi connectivity index (χ1n) is 13.6. The van der Waals surface area contributed by atoms with Gasteiger partial charge in [-0.3, -0.25) is 13.9 Å². The highest BCUT2D eigenvalue weighted by Gasteiger charge is 2.34. The lowest BCUT2D eigenvalue weighted by Gasteiger charge is -2.33. The van der Waals surface area contributed by atoms with Crippen molar-refractivity contribution in [2.75, 3.05) is 18.0 Å². The number of nitrogens with zero attached hydrogens (tertiary/aromatic N) is 2.